The molecule has 1 fully saturated rings. The fourth-order valence-electron chi connectivity index (χ4n) is 3.68. The van der Waals surface area contributed by atoms with Gasteiger partial charge in [-0.15, -0.1) is 0 Å². The molecule has 0 aliphatic carbocycles. The molecule has 4 rings (SSSR count). The number of thiocarbonyl (C=S) groups is 1. The molecule has 2 aliphatic rings. The lowest BCUT2D eigenvalue weighted by Gasteiger charge is -2.34. The molecule has 2 aliphatic heterocycles. The number of carbonyl (C=O) groups is 2. The average Bonchev–Trinajstić information content (AvgIpc) is 2.97. The molecule has 1 N–H and O–H groups in total. The molecule has 2 aromatic rings. The van der Waals surface area contributed by atoms with E-state index in [4.69, 9.17) is 17.0 Å². The number of thioether (sulfide) groups is 1. The van der Waals surface area contributed by atoms with Crippen molar-refractivity contribution in [1.82, 2.24) is 5.32 Å². The fraction of sp³-hybridized carbons (Fsp3) is 0.227. The Morgan fingerprint density at radius 1 is 1.17 bits per heavy atom. The van der Waals surface area contributed by atoms with Crippen molar-refractivity contribution < 1.29 is 14.3 Å². The quantitative estimate of drug-likeness (QED) is 0.589. The monoisotopic (exact) mass is 424 g/mol. The predicted molar refractivity (Wildman–Crippen MR) is 120 cm³/mol. The Balaban J connectivity index is 1.74. The van der Waals surface area contributed by atoms with Gasteiger partial charge in [0.05, 0.1) is 16.6 Å². The molecule has 0 spiro atoms. The summed E-state index contributed by atoms with van der Waals surface area (Å²) in [6.45, 7) is 6.13. The van der Waals surface area contributed by atoms with Gasteiger partial charge < -0.3 is 10.1 Å². The summed E-state index contributed by atoms with van der Waals surface area (Å²) in [6, 6.07) is 11.8. The van der Waals surface area contributed by atoms with Crippen molar-refractivity contribution in [3.8, 4) is 5.75 Å². The molecule has 148 valence electrons. The Morgan fingerprint density at radius 3 is 2.55 bits per heavy atom. The summed E-state index contributed by atoms with van der Waals surface area (Å²) in [7, 11) is 0. The van der Waals surface area contributed by atoms with Crippen LogP contribution in [0.3, 0.4) is 0 Å². The minimum Gasteiger partial charge on any atom is -0.482 e. The van der Waals surface area contributed by atoms with E-state index in [0.29, 0.717) is 20.7 Å². The minimum absolute atomic E-state index is 0.00903. The van der Waals surface area contributed by atoms with Gasteiger partial charge in [-0.1, -0.05) is 59.4 Å². The van der Waals surface area contributed by atoms with Crippen LogP contribution in [0.2, 0.25) is 0 Å². The zero-order valence-corrected chi connectivity index (χ0v) is 17.9. The van der Waals surface area contributed by atoms with Crippen molar-refractivity contribution in [1.29, 1.82) is 0 Å². The molecular weight excluding hydrogens is 404 g/mol. The molecule has 0 saturated carbocycles. The van der Waals surface area contributed by atoms with Crippen molar-refractivity contribution in [3.63, 3.8) is 0 Å². The molecule has 0 aromatic heterocycles. The van der Waals surface area contributed by atoms with Crippen LogP contribution in [0.5, 0.6) is 5.75 Å². The molecule has 2 heterocycles. The highest BCUT2D eigenvalue weighted by molar-refractivity contribution is 8.26. The number of amides is 2. The number of anilines is 1. The molecular formula is C22H20N2O3S2. The predicted octanol–water partition coefficient (Wildman–Crippen LogP) is 4.28. The Kier molecular flexibility index (Phi) is 5.19. The second-order valence-corrected chi connectivity index (χ2v) is 8.95. The third-order valence-electron chi connectivity index (χ3n) is 4.92. The molecule has 1 atom stereocenters. The van der Waals surface area contributed by atoms with Crippen LogP contribution in [0, 0.1) is 13.8 Å². The van der Waals surface area contributed by atoms with Crippen LogP contribution in [-0.4, -0.2) is 22.7 Å². The molecule has 2 amide bonds. The lowest BCUT2D eigenvalue weighted by atomic mass is 9.99. The van der Waals surface area contributed by atoms with Crippen LogP contribution in [-0.2, 0) is 9.59 Å². The Morgan fingerprint density at radius 2 is 1.90 bits per heavy atom. The number of nitrogens with zero attached hydrogens (tertiary/aromatic N) is 1. The van der Waals surface area contributed by atoms with Crippen LogP contribution in [0.4, 0.5) is 5.69 Å². The smallest absolute Gasteiger partial charge is 0.265 e. The van der Waals surface area contributed by atoms with E-state index < -0.39 is 0 Å². The van der Waals surface area contributed by atoms with E-state index in [2.05, 4.69) is 37.4 Å². The topological polar surface area (TPSA) is 58.6 Å². The normalized spacial score (nSPS) is 18.5. The van der Waals surface area contributed by atoms with Crippen molar-refractivity contribution in [2.24, 2.45) is 0 Å². The SMILES string of the molecule is Cc1cc(C)cc(C(C)N2C(=O)COc3ccc(C=C4SC(=S)NC4=O)cc32)c1. The maximum absolute atomic E-state index is 12.8. The van der Waals surface area contributed by atoms with Gasteiger partial charge in [-0.2, -0.15) is 0 Å². The molecule has 5 nitrogen and oxygen atoms in total. The number of hydrogen-bond donors (Lipinski definition) is 1. The molecule has 0 bridgehead atoms. The van der Waals surface area contributed by atoms with Crippen molar-refractivity contribution in [2.75, 3.05) is 11.5 Å². The van der Waals surface area contributed by atoms with E-state index in [9.17, 15) is 9.59 Å². The fourth-order valence-corrected chi connectivity index (χ4v) is 4.72. The minimum atomic E-state index is -0.203. The van der Waals surface area contributed by atoms with Crippen LogP contribution >= 0.6 is 24.0 Å². The van der Waals surface area contributed by atoms with Gasteiger partial charge in [-0.05, 0) is 50.1 Å². The number of ether oxygens (including phenoxy) is 1. The van der Waals surface area contributed by atoms with Gasteiger partial charge in [-0.25, -0.2) is 0 Å². The highest BCUT2D eigenvalue weighted by Gasteiger charge is 2.31. The Bertz CT molecular complexity index is 1060. The second kappa shape index (κ2) is 7.65. The van der Waals surface area contributed by atoms with E-state index in [1.807, 2.05) is 25.1 Å². The average molecular weight is 425 g/mol. The zero-order chi connectivity index (χ0) is 20.7. The van der Waals surface area contributed by atoms with Gasteiger partial charge in [0, 0.05) is 0 Å². The third kappa shape index (κ3) is 3.93. The van der Waals surface area contributed by atoms with Crippen LogP contribution in [0.1, 0.15) is 35.2 Å². The standard InChI is InChI=1S/C22H20N2O3S2/c1-12-6-13(2)8-16(7-12)14(3)24-17-9-15(4-5-18(17)27-11-20(24)25)10-19-21(26)23-22(28)29-19/h4-10,14H,11H2,1-3H3,(H,23,26,28). The molecule has 2 aromatic carbocycles. The zero-order valence-electron chi connectivity index (χ0n) is 16.3. The third-order valence-corrected chi connectivity index (χ3v) is 6.08. The van der Waals surface area contributed by atoms with Crippen LogP contribution < -0.4 is 15.0 Å². The first-order valence-electron chi connectivity index (χ1n) is 9.24. The maximum atomic E-state index is 12.8. The highest BCUT2D eigenvalue weighted by Crippen LogP contribution is 2.39. The van der Waals surface area contributed by atoms with Gasteiger partial charge in [-0.3, -0.25) is 14.5 Å². The van der Waals surface area contributed by atoms with E-state index in [1.165, 1.54) is 11.8 Å². The number of carbonyl (C=O) groups excluding carboxylic acids is 2. The first-order chi connectivity index (χ1) is 13.8. The van der Waals surface area contributed by atoms with E-state index in [0.717, 1.165) is 22.3 Å². The number of rotatable bonds is 3. The van der Waals surface area contributed by atoms with Gasteiger partial charge in [0.1, 0.15) is 10.1 Å². The van der Waals surface area contributed by atoms with Gasteiger partial charge >= 0.3 is 0 Å². The summed E-state index contributed by atoms with van der Waals surface area (Å²) in [5, 5.41) is 2.61. The largest absolute Gasteiger partial charge is 0.482 e. The van der Waals surface area contributed by atoms with E-state index in [-0.39, 0.29) is 24.5 Å². The van der Waals surface area contributed by atoms with Gasteiger partial charge in [0.25, 0.3) is 11.8 Å². The van der Waals surface area contributed by atoms with Crippen molar-refractivity contribution in [2.45, 2.75) is 26.8 Å². The number of nitrogens with one attached hydrogen (secondary N) is 1. The number of hydrogen-bond acceptors (Lipinski definition) is 5. The maximum Gasteiger partial charge on any atom is 0.265 e. The summed E-state index contributed by atoms with van der Waals surface area (Å²) in [5.41, 5.74) is 4.90. The van der Waals surface area contributed by atoms with Gasteiger partial charge in [0.15, 0.2) is 6.61 Å². The van der Waals surface area contributed by atoms with Crippen molar-refractivity contribution >= 4 is 51.9 Å². The summed E-state index contributed by atoms with van der Waals surface area (Å²) < 4.78 is 6.09. The van der Waals surface area contributed by atoms with Crippen molar-refractivity contribution in [3.05, 3.63) is 63.6 Å². The molecule has 29 heavy (non-hydrogen) atoms. The van der Waals surface area contributed by atoms with E-state index in [1.54, 1.807) is 11.0 Å². The van der Waals surface area contributed by atoms with Crippen LogP contribution in [0.15, 0.2) is 41.3 Å². The summed E-state index contributed by atoms with van der Waals surface area (Å²) in [6.07, 6.45) is 1.78. The summed E-state index contributed by atoms with van der Waals surface area (Å²) in [5.74, 6) is 0.357. The number of fused-ring (bicyclic) bond motifs is 1. The first-order valence-corrected chi connectivity index (χ1v) is 10.5. The summed E-state index contributed by atoms with van der Waals surface area (Å²) >= 11 is 6.28. The number of aryl methyl sites for hydroxylation is 2. The molecule has 1 saturated heterocycles. The lowest BCUT2D eigenvalue weighted by Crippen LogP contribution is -2.40. The van der Waals surface area contributed by atoms with Gasteiger partial charge in [0.2, 0.25) is 0 Å². The second-order valence-electron chi connectivity index (χ2n) is 7.23. The van der Waals surface area contributed by atoms with Crippen LogP contribution in [0.25, 0.3) is 6.08 Å². The number of benzene rings is 2. The lowest BCUT2D eigenvalue weighted by molar-refractivity contribution is -0.121. The molecule has 0 radical (unpaired) electrons. The summed E-state index contributed by atoms with van der Waals surface area (Å²) in [4.78, 5) is 27.1. The highest BCUT2D eigenvalue weighted by atomic mass is 32.2. The Labute approximate surface area is 179 Å². The molecule has 1 unspecified atom stereocenters. The molecule has 7 heteroatoms. The van der Waals surface area contributed by atoms with E-state index >= 15 is 0 Å². The Hall–Kier alpha value is -2.64. The first kappa shape index (κ1) is 19.7.